The first-order chi connectivity index (χ1) is 28.0. The number of aromatic amines is 1. The molecule has 1 aliphatic heterocycles. The Balaban J connectivity index is 1.16. The zero-order valence-electron chi connectivity index (χ0n) is 32.7. The first-order valence-corrected chi connectivity index (χ1v) is 19.6. The summed E-state index contributed by atoms with van der Waals surface area (Å²) in [6, 6.07) is 17.8. The summed E-state index contributed by atoms with van der Waals surface area (Å²) >= 11 is 0. The second-order valence-electron chi connectivity index (χ2n) is 15.5. The van der Waals surface area contributed by atoms with Gasteiger partial charge in [-0.3, -0.25) is 19.5 Å². The lowest BCUT2D eigenvalue weighted by molar-refractivity contribution is -0.231. The fourth-order valence-electron chi connectivity index (χ4n) is 7.46. The zero-order chi connectivity index (χ0) is 42.5. The highest BCUT2D eigenvalue weighted by atomic mass is 19.3. The maximum absolute atomic E-state index is 14.3. The van der Waals surface area contributed by atoms with E-state index in [1.165, 1.54) is 24.3 Å². The van der Waals surface area contributed by atoms with Crippen molar-refractivity contribution < 1.29 is 41.8 Å². The molecule has 2 fully saturated rings. The van der Waals surface area contributed by atoms with Crippen LogP contribution in [0.1, 0.15) is 65.8 Å². The largest absolute Gasteiger partial charge is 0.477 e. The molecule has 1 unspecified atom stereocenters. The third-order valence-corrected chi connectivity index (χ3v) is 11.3. The molecule has 7 N–H and O–H groups in total. The lowest BCUT2D eigenvalue weighted by atomic mass is 9.81. The van der Waals surface area contributed by atoms with Crippen LogP contribution in [-0.4, -0.2) is 93.6 Å². The molecule has 314 valence electrons. The number of hydrogen-bond acceptors (Lipinski definition) is 8. The molecule has 0 bridgehead atoms. The van der Waals surface area contributed by atoms with E-state index in [2.05, 4.69) is 38.0 Å². The number of rotatable bonds is 14. The molecule has 0 radical (unpaired) electrons. The number of nitrogens with two attached hydrogens (primary N) is 1. The molecule has 1 atom stereocenters. The first-order valence-electron chi connectivity index (χ1n) is 19.6. The number of carboxylic acid groups (broad SMARTS) is 1. The van der Waals surface area contributed by atoms with Gasteiger partial charge in [-0.2, -0.15) is 22.7 Å². The third-order valence-electron chi connectivity index (χ3n) is 11.3. The number of anilines is 1. The molecule has 1 aromatic heterocycles. The highest BCUT2D eigenvalue weighted by molar-refractivity contribution is 5.98. The number of halogens is 4. The van der Waals surface area contributed by atoms with Crippen LogP contribution in [0.25, 0.3) is 22.5 Å². The van der Waals surface area contributed by atoms with Gasteiger partial charge in [0.05, 0.1) is 0 Å². The zero-order valence-corrected chi connectivity index (χ0v) is 32.7. The Bertz CT molecular complexity index is 2130. The lowest BCUT2D eigenvalue weighted by Gasteiger charge is -2.29. The monoisotopic (exact) mass is 820 g/mol. The van der Waals surface area contributed by atoms with Gasteiger partial charge in [0.1, 0.15) is 6.04 Å². The molecule has 6 rings (SSSR count). The van der Waals surface area contributed by atoms with Gasteiger partial charge in [0.15, 0.2) is 5.82 Å². The number of aryl methyl sites for hydroxylation is 1. The minimum Gasteiger partial charge on any atom is -0.477 e. The molecule has 17 heteroatoms. The Hall–Kier alpha value is -5.68. The van der Waals surface area contributed by atoms with Crippen LogP contribution in [0.3, 0.4) is 0 Å². The molecule has 2 aliphatic rings. The maximum atomic E-state index is 14.3. The molecule has 0 spiro atoms. The van der Waals surface area contributed by atoms with E-state index in [1.54, 1.807) is 5.10 Å². The maximum Gasteiger partial charge on any atom is 0.411 e. The number of likely N-dealkylation sites (tertiary alicyclic amines) is 1. The summed E-state index contributed by atoms with van der Waals surface area (Å²) < 4.78 is 55.9. The molecule has 2 heterocycles. The molecule has 13 nitrogen and oxygen atoms in total. The van der Waals surface area contributed by atoms with E-state index >= 15 is 0 Å². The van der Waals surface area contributed by atoms with Crippen LogP contribution >= 0.6 is 0 Å². The fraction of sp³-hybridized carbons (Fsp3) is 0.429. The van der Waals surface area contributed by atoms with Gasteiger partial charge < -0.3 is 31.7 Å². The summed E-state index contributed by atoms with van der Waals surface area (Å²) in [4.78, 5) is 56.9. The number of carboxylic acids is 1. The number of alkyl halides is 4. The Morgan fingerprint density at radius 2 is 1.56 bits per heavy atom. The van der Waals surface area contributed by atoms with Crippen molar-refractivity contribution >= 4 is 29.4 Å². The van der Waals surface area contributed by atoms with Crippen LogP contribution in [0, 0.1) is 18.8 Å². The van der Waals surface area contributed by atoms with Crippen molar-refractivity contribution in [2.75, 3.05) is 32.0 Å². The minimum atomic E-state index is -5.44. The van der Waals surface area contributed by atoms with Crippen LogP contribution in [0.5, 0.6) is 0 Å². The van der Waals surface area contributed by atoms with Crippen LogP contribution in [0.4, 0.5) is 23.2 Å². The number of aromatic nitrogens is 3. The van der Waals surface area contributed by atoms with Crippen LogP contribution in [-0.2, 0) is 26.7 Å². The first kappa shape index (κ1) is 42.9. The fourth-order valence-corrected chi connectivity index (χ4v) is 7.46. The number of carbonyl (C=O) groups excluding carboxylic acids is 3. The smallest absolute Gasteiger partial charge is 0.411 e. The average molecular weight is 821 g/mol. The molecule has 1 saturated carbocycles. The predicted octanol–water partition coefficient (Wildman–Crippen LogP) is 5.51. The van der Waals surface area contributed by atoms with Gasteiger partial charge in [0.2, 0.25) is 17.6 Å². The van der Waals surface area contributed by atoms with Crippen molar-refractivity contribution in [2.45, 2.75) is 75.8 Å². The summed E-state index contributed by atoms with van der Waals surface area (Å²) in [5.41, 5.74) is 10.3. The molecule has 4 aromatic rings. The van der Waals surface area contributed by atoms with E-state index < -0.39 is 41.4 Å². The van der Waals surface area contributed by atoms with Crippen LogP contribution in [0.15, 0.2) is 66.7 Å². The number of piperidine rings is 1. The van der Waals surface area contributed by atoms with Gasteiger partial charge in [-0.05, 0) is 137 Å². The molecule has 1 aliphatic carbocycles. The Morgan fingerprint density at radius 1 is 0.915 bits per heavy atom. The Labute approximate surface area is 338 Å². The van der Waals surface area contributed by atoms with Crippen LogP contribution in [0.2, 0.25) is 0 Å². The number of benzene rings is 3. The number of hydrogen-bond donors (Lipinski definition) is 6. The highest BCUT2D eigenvalue weighted by Gasteiger charge is 2.65. The number of nitrogens with one attached hydrogen (secondary N) is 4. The van der Waals surface area contributed by atoms with Gasteiger partial charge >= 0.3 is 17.8 Å². The SMILES string of the molecule is Cc1ccc(C(=O)NC2CCN(C)CC2)cc1-c1ccc(CC(NC(=O)C2CCC(CN)CC2)C(=O)Nc2ccc(-c3n[nH]c(C(F)(F)C(F)(F)C(=O)O)n3)cc2)cc1. The highest BCUT2D eigenvalue weighted by Crippen LogP contribution is 2.42. The Kier molecular flexibility index (Phi) is 13.1. The number of amides is 3. The summed E-state index contributed by atoms with van der Waals surface area (Å²) in [5.74, 6) is -16.5. The topological polar surface area (TPSA) is 195 Å². The second-order valence-corrected chi connectivity index (χ2v) is 15.5. The number of carbonyl (C=O) groups is 4. The van der Waals surface area contributed by atoms with E-state index in [4.69, 9.17) is 10.8 Å². The van der Waals surface area contributed by atoms with Crippen molar-refractivity contribution in [3.8, 4) is 22.5 Å². The summed E-state index contributed by atoms with van der Waals surface area (Å²) in [6.45, 7) is 4.38. The van der Waals surface area contributed by atoms with Crippen molar-refractivity contribution in [2.24, 2.45) is 17.6 Å². The molecule has 1 saturated heterocycles. The van der Waals surface area contributed by atoms with Gasteiger partial charge in [0.25, 0.3) is 5.91 Å². The molecular weight excluding hydrogens is 773 g/mol. The van der Waals surface area contributed by atoms with Gasteiger partial charge in [0, 0.05) is 35.2 Å². The standard InChI is InChI=1S/C42H48F4N8O5/c1-24-3-8-30(37(56)48-32-17-19-54(2)20-18-32)22-33(24)27-9-4-25(5-10-27)21-34(50-36(55)29-11-6-26(23-47)7-12-29)38(57)49-31-15-13-28(14-16-31)35-51-39(53-52-35)41(43,44)42(45,46)40(58)59/h3-5,8-10,13-16,22,26,29,32,34H,6-7,11-12,17-21,23,47H2,1-2H3,(H,48,56)(H,49,57)(H,50,55)(H,58,59)(H,51,52,53). The predicted molar refractivity (Wildman–Crippen MR) is 212 cm³/mol. The van der Waals surface area contributed by atoms with E-state index in [0.717, 1.165) is 61.0 Å². The van der Waals surface area contributed by atoms with Crippen molar-refractivity contribution in [3.05, 3.63) is 89.2 Å². The molecule has 3 amide bonds. The van der Waals surface area contributed by atoms with Crippen LogP contribution < -0.4 is 21.7 Å². The van der Waals surface area contributed by atoms with E-state index in [0.29, 0.717) is 30.9 Å². The molecule has 3 aromatic carbocycles. The lowest BCUT2D eigenvalue weighted by Crippen LogP contribution is -2.48. The Morgan fingerprint density at radius 3 is 2.19 bits per heavy atom. The van der Waals surface area contributed by atoms with E-state index in [1.807, 2.05) is 49.4 Å². The number of aliphatic carboxylic acids is 1. The number of H-pyrrole nitrogens is 1. The average Bonchev–Trinajstić information content (AvgIpc) is 3.73. The van der Waals surface area contributed by atoms with E-state index in [-0.39, 0.29) is 41.4 Å². The molecular formula is C42H48F4N8O5. The summed E-state index contributed by atoms with van der Waals surface area (Å²) in [5, 5.41) is 22.7. The van der Waals surface area contributed by atoms with Crippen molar-refractivity contribution in [1.29, 1.82) is 0 Å². The normalized spacial score (nSPS) is 18.5. The molecule has 59 heavy (non-hydrogen) atoms. The van der Waals surface area contributed by atoms with Crippen molar-refractivity contribution in [1.82, 2.24) is 30.7 Å². The second kappa shape index (κ2) is 18.1. The summed E-state index contributed by atoms with van der Waals surface area (Å²) in [7, 11) is 2.07. The summed E-state index contributed by atoms with van der Waals surface area (Å²) in [6.07, 6.45) is 4.85. The van der Waals surface area contributed by atoms with Gasteiger partial charge in [-0.1, -0.05) is 30.3 Å². The van der Waals surface area contributed by atoms with Gasteiger partial charge in [-0.25, -0.2) is 9.78 Å². The third kappa shape index (κ3) is 9.96. The van der Waals surface area contributed by atoms with E-state index in [9.17, 15) is 36.7 Å². The number of nitrogens with zero attached hydrogens (tertiary/aromatic N) is 3. The minimum absolute atomic E-state index is 0.108. The quantitative estimate of drug-likeness (QED) is 0.0889. The van der Waals surface area contributed by atoms with Gasteiger partial charge in [-0.15, -0.1) is 0 Å². The van der Waals surface area contributed by atoms with Crippen molar-refractivity contribution in [3.63, 3.8) is 0 Å².